The minimum absolute atomic E-state index is 0.592. The van der Waals surface area contributed by atoms with Crippen LogP contribution in [-0.2, 0) is 5.75 Å². The molecule has 0 aliphatic carbocycles. The first-order chi connectivity index (χ1) is 12.2. The molecule has 0 spiro atoms. The van der Waals surface area contributed by atoms with Crippen molar-refractivity contribution < 1.29 is 0 Å². The van der Waals surface area contributed by atoms with Crippen molar-refractivity contribution in [2.45, 2.75) is 10.1 Å². The molecule has 25 heavy (non-hydrogen) atoms. The monoisotopic (exact) mass is 402 g/mol. The van der Waals surface area contributed by atoms with Crippen LogP contribution in [0.15, 0.2) is 65.0 Å². The van der Waals surface area contributed by atoms with Gasteiger partial charge in [-0.25, -0.2) is 0 Å². The molecule has 2 nitrogen and oxygen atoms in total. The van der Waals surface area contributed by atoms with E-state index in [0.29, 0.717) is 10.0 Å². The number of fused-ring (bicyclic) bond motifs is 1. The van der Waals surface area contributed by atoms with Gasteiger partial charge >= 0.3 is 0 Å². The van der Waals surface area contributed by atoms with Crippen LogP contribution in [0.4, 0.5) is 0 Å². The highest BCUT2D eigenvalue weighted by molar-refractivity contribution is 8.00. The van der Waals surface area contributed by atoms with Gasteiger partial charge in [-0.3, -0.25) is 0 Å². The molecule has 0 radical (unpaired) electrons. The highest BCUT2D eigenvalue weighted by Gasteiger charge is 2.11. The Bertz CT molecular complexity index is 1040. The molecule has 124 valence electrons. The Hall–Kier alpha value is -1.59. The van der Waals surface area contributed by atoms with Crippen LogP contribution in [0.1, 0.15) is 5.56 Å². The molecule has 0 aliphatic heterocycles. The predicted molar refractivity (Wildman–Crippen MR) is 109 cm³/mol. The number of aromatic nitrogens is 2. The zero-order valence-electron chi connectivity index (χ0n) is 12.9. The lowest BCUT2D eigenvalue weighted by atomic mass is 10.1. The molecule has 4 rings (SSSR count). The standard InChI is InChI=1S/C19H12Cl2N2S2/c20-14-8-9-16(17(21)10-14)18-22-23-19(25-18)24-11-13-6-3-5-12-4-1-2-7-15(12)13/h1-10H,11H2. The van der Waals surface area contributed by atoms with Gasteiger partial charge in [-0.2, -0.15) is 0 Å². The lowest BCUT2D eigenvalue weighted by molar-refractivity contribution is 1.01. The van der Waals surface area contributed by atoms with Crippen molar-refractivity contribution in [1.82, 2.24) is 10.2 Å². The second kappa shape index (κ2) is 7.34. The van der Waals surface area contributed by atoms with Gasteiger partial charge in [0.15, 0.2) is 4.34 Å². The van der Waals surface area contributed by atoms with Crippen molar-refractivity contribution in [3.05, 3.63) is 76.3 Å². The fourth-order valence-electron chi connectivity index (χ4n) is 2.60. The number of hydrogen-bond donors (Lipinski definition) is 0. The Morgan fingerprint density at radius 2 is 1.76 bits per heavy atom. The Kier molecular flexibility index (Phi) is 4.95. The quantitative estimate of drug-likeness (QED) is 0.345. The van der Waals surface area contributed by atoms with Crippen molar-refractivity contribution in [2.24, 2.45) is 0 Å². The highest BCUT2D eigenvalue weighted by Crippen LogP contribution is 2.36. The summed E-state index contributed by atoms with van der Waals surface area (Å²) in [5.74, 6) is 0.852. The second-order valence-electron chi connectivity index (χ2n) is 5.42. The van der Waals surface area contributed by atoms with Crippen LogP contribution in [0.5, 0.6) is 0 Å². The third kappa shape index (κ3) is 3.67. The maximum absolute atomic E-state index is 6.26. The van der Waals surface area contributed by atoms with E-state index in [0.717, 1.165) is 20.7 Å². The van der Waals surface area contributed by atoms with Crippen LogP contribution in [0, 0.1) is 0 Å². The molecule has 1 aromatic heterocycles. The van der Waals surface area contributed by atoms with E-state index in [1.807, 2.05) is 12.1 Å². The molecule has 4 aromatic rings. The van der Waals surface area contributed by atoms with Crippen molar-refractivity contribution >= 4 is 57.1 Å². The summed E-state index contributed by atoms with van der Waals surface area (Å²) in [7, 11) is 0. The van der Waals surface area contributed by atoms with Crippen LogP contribution in [0.3, 0.4) is 0 Å². The normalized spacial score (nSPS) is 11.1. The number of nitrogens with zero attached hydrogens (tertiary/aromatic N) is 2. The van der Waals surface area contributed by atoms with Crippen molar-refractivity contribution in [3.63, 3.8) is 0 Å². The Labute approximate surface area is 163 Å². The molecule has 0 bridgehead atoms. The molecule has 0 amide bonds. The third-order valence-corrected chi connectivity index (χ3v) is 6.49. The molecule has 0 saturated heterocycles. The number of rotatable bonds is 4. The van der Waals surface area contributed by atoms with E-state index < -0.39 is 0 Å². The van der Waals surface area contributed by atoms with Gasteiger partial charge in [0.2, 0.25) is 0 Å². The number of hydrogen-bond acceptors (Lipinski definition) is 4. The molecule has 3 aromatic carbocycles. The summed E-state index contributed by atoms with van der Waals surface area (Å²) in [5.41, 5.74) is 2.16. The van der Waals surface area contributed by atoms with Gasteiger partial charge in [0.25, 0.3) is 0 Å². The average molecular weight is 403 g/mol. The van der Waals surface area contributed by atoms with Crippen LogP contribution in [-0.4, -0.2) is 10.2 Å². The van der Waals surface area contributed by atoms with Gasteiger partial charge < -0.3 is 0 Å². The van der Waals surface area contributed by atoms with E-state index in [9.17, 15) is 0 Å². The van der Waals surface area contributed by atoms with Crippen LogP contribution >= 0.6 is 46.3 Å². The number of benzene rings is 3. The van der Waals surface area contributed by atoms with Crippen LogP contribution in [0.2, 0.25) is 10.0 Å². The number of halogens is 2. The molecule has 6 heteroatoms. The summed E-state index contributed by atoms with van der Waals surface area (Å²) in [6.07, 6.45) is 0. The van der Waals surface area contributed by atoms with E-state index in [4.69, 9.17) is 23.2 Å². The molecular formula is C19H12Cl2N2S2. The van der Waals surface area contributed by atoms with E-state index in [1.54, 1.807) is 29.2 Å². The largest absolute Gasteiger partial charge is 0.174 e. The second-order valence-corrected chi connectivity index (χ2v) is 8.47. The first kappa shape index (κ1) is 16.9. The van der Waals surface area contributed by atoms with E-state index >= 15 is 0 Å². The third-order valence-electron chi connectivity index (χ3n) is 3.80. The Balaban J connectivity index is 1.55. The SMILES string of the molecule is Clc1ccc(-c2nnc(SCc3cccc4ccccc34)s2)c(Cl)c1. The molecular weight excluding hydrogens is 391 g/mol. The van der Waals surface area contributed by atoms with Gasteiger partial charge in [0.1, 0.15) is 5.01 Å². The van der Waals surface area contributed by atoms with Gasteiger partial charge in [-0.05, 0) is 34.5 Å². The minimum atomic E-state index is 0.592. The predicted octanol–water partition coefficient (Wildman–Crippen LogP) is 6.96. The summed E-state index contributed by atoms with van der Waals surface area (Å²) >= 11 is 15.4. The van der Waals surface area contributed by atoms with Crippen molar-refractivity contribution in [2.75, 3.05) is 0 Å². The lowest BCUT2D eigenvalue weighted by Gasteiger charge is -2.04. The smallest absolute Gasteiger partial charge is 0.137 e. The molecule has 0 aliphatic rings. The fraction of sp³-hybridized carbons (Fsp3) is 0.0526. The van der Waals surface area contributed by atoms with Gasteiger partial charge in [-0.1, -0.05) is 88.8 Å². The summed E-state index contributed by atoms with van der Waals surface area (Å²) in [6.45, 7) is 0. The van der Waals surface area contributed by atoms with E-state index in [2.05, 4.69) is 52.7 Å². The summed E-state index contributed by atoms with van der Waals surface area (Å²) in [5, 5.41) is 13.1. The highest BCUT2D eigenvalue weighted by atomic mass is 35.5. The molecule has 0 atom stereocenters. The summed E-state index contributed by atoms with van der Waals surface area (Å²) < 4.78 is 0.925. The molecule has 0 N–H and O–H groups in total. The minimum Gasteiger partial charge on any atom is -0.137 e. The molecule has 1 heterocycles. The van der Waals surface area contributed by atoms with Crippen LogP contribution in [0.25, 0.3) is 21.3 Å². The van der Waals surface area contributed by atoms with Gasteiger partial charge in [-0.15, -0.1) is 10.2 Å². The zero-order valence-corrected chi connectivity index (χ0v) is 16.1. The van der Waals surface area contributed by atoms with Gasteiger partial charge in [0, 0.05) is 16.3 Å². The maximum Gasteiger partial charge on any atom is 0.174 e. The molecule has 0 saturated carbocycles. The average Bonchev–Trinajstić information content (AvgIpc) is 3.08. The first-order valence-corrected chi connectivity index (χ1v) is 10.1. The van der Waals surface area contributed by atoms with E-state index in [1.165, 1.54) is 16.3 Å². The Morgan fingerprint density at radius 1 is 0.920 bits per heavy atom. The number of thioether (sulfide) groups is 1. The van der Waals surface area contributed by atoms with Crippen molar-refractivity contribution in [1.29, 1.82) is 0 Å². The molecule has 0 unspecified atom stereocenters. The van der Waals surface area contributed by atoms with Crippen molar-refractivity contribution in [3.8, 4) is 10.6 Å². The van der Waals surface area contributed by atoms with E-state index in [-0.39, 0.29) is 0 Å². The fourth-order valence-corrected chi connectivity index (χ4v) is 5.05. The van der Waals surface area contributed by atoms with Crippen LogP contribution < -0.4 is 0 Å². The summed E-state index contributed by atoms with van der Waals surface area (Å²) in [4.78, 5) is 0. The maximum atomic E-state index is 6.26. The lowest BCUT2D eigenvalue weighted by Crippen LogP contribution is -1.83. The van der Waals surface area contributed by atoms with Gasteiger partial charge in [0.05, 0.1) is 5.02 Å². The molecule has 0 fully saturated rings. The summed E-state index contributed by atoms with van der Waals surface area (Å²) in [6, 6.07) is 20.2. The Morgan fingerprint density at radius 3 is 2.64 bits per heavy atom. The zero-order chi connectivity index (χ0) is 17.2. The first-order valence-electron chi connectivity index (χ1n) is 7.59. The topological polar surface area (TPSA) is 25.8 Å².